The number of urea groups is 1. The molecule has 0 aromatic rings. The number of hydrogen-bond donors (Lipinski definition) is 2. The minimum atomic E-state index is -0.833. The fraction of sp³-hybridized carbons (Fsp3) is 0.800. The van der Waals surface area contributed by atoms with E-state index in [0.717, 1.165) is 0 Å². The summed E-state index contributed by atoms with van der Waals surface area (Å²) in [5.74, 6) is 0. The van der Waals surface area contributed by atoms with Gasteiger partial charge in [0.2, 0.25) is 0 Å². The topological polar surface area (TPSA) is 87.6 Å². The summed E-state index contributed by atoms with van der Waals surface area (Å²) in [5, 5.41) is 0. The highest BCUT2D eigenvalue weighted by molar-refractivity contribution is 5.69. The second kappa shape index (κ2) is 24.1. The Balaban J connectivity index is -0.0000000750. The molecular formula is C5H16N2O3. The zero-order chi connectivity index (χ0) is 8.99. The van der Waals surface area contributed by atoms with Crippen molar-refractivity contribution in [3.63, 3.8) is 0 Å². The van der Waals surface area contributed by atoms with Crippen LogP contribution in [-0.2, 0) is 9.47 Å². The number of rotatable bonds is 0. The van der Waals surface area contributed by atoms with E-state index in [0.29, 0.717) is 0 Å². The quantitative estimate of drug-likeness (QED) is 0.492. The highest BCUT2D eigenvalue weighted by Gasteiger charge is 1.60. The van der Waals surface area contributed by atoms with E-state index in [1.807, 2.05) is 0 Å². The van der Waals surface area contributed by atoms with Gasteiger partial charge in [-0.3, -0.25) is 0 Å². The Bertz CT molecular complexity index is 52.9. The van der Waals surface area contributed by atoms with Gasteiger partial charge in [0.1, 0.15) is 0 Å². The fourth-order valence-corrected chi connectivity index (χ4v) is 0. The van der Waals surface area contributed by atoms with Crippen LogP contribution >= 0.6 is 0 Å². The summed E-state index contributed by atoms with van der Waals surface area (Å²) in [6, 6.07) is -0.833. The summed E-state index contributed by atoms with van der Waals surface area (Å²) >= 11 is 0. The van der Waals surface area contributed by atoms with E-state index in [1.165, 1.54) is 0 Å². The number of amides is 2. The first-order chi connectivity index (χ1) is 4.56. The predicted octanol–water partition coefficient (Wildman–Crippen LogP) is -0.451. The number of carbonyl (C=O) groups excluding carboxylic acids is 1. The molecular weight excluding hydrogens is 136 g/mol. The maximum absolute atomic E-state index is 9.00. The molecule has 0 atom stereocenters. The number of methoxy groups -OCH3 is 2. The summed E-state index contributed by atoms with van der Waals surface area (Å²) < 4.78 is 8.50. The Morgan fingerprint density at radius 3 is 1.00 bits per heavy atom. The van der Waals surface area contributed by atoms with E-state index in [4.69, 9.17) is 4.79 Å². The van der Waals surface area contributed by atoms with Gasteiger partial charge in [-0.05, 0) is 0 Å². The van der Waals surface area contributed by atoms with E-state index >= 15 is 0 Å². The molecule has 2 amide bonds. The lowest BCUT2D eigenvalue weighted by molar-refractivity contribution is 0.256. The molecule has 0 fully saturated rings. The average molecular weight is 152 g/mol. The van der Waals surface area contributed by atoms with E-state index < -0.39 is 6.03 Å². The third-order valence-corrected chi connectivity index (χ3v) is 0. The number of hydrogen-bond acceptors (Lipinski definition) is 3. The van der Waals surface area contributed by atoms with Crippen LogP contribution in [0.2, 0.25) is 0 Å². The number of primary amides is 2. The van der Waals surface area contributed by atoms with Gasteiger partial charge in [0.15, 0.2) is 0 Å². The third-order valence-electron chi connectivity index (χ3n) is 0. The van der Waals surface area contributed by atoms with Gasteiger partial charge >= 0.3 is 6.03 Å². The molecule has 0 radical (unpaired) electrons. The zero-order valence-corrected chi connectivity index (χ0v) is 6.88. The predicted molar refractivity (Wildman–Crippen MR) is 39.6 cm³/mol. The van der Waals surface area contributed by atoms with Gasteiger partial charge in [-0.25, -0.2) is 4.79 Å². The maximum atomic E-state index is 9.00. The van der Waals surface area contributed by atoms with Crippen LogP contribution in [-0.4, -0.2) is 34.5 Å². The van der Waals surface area contributed by atoms with Gasteiger partial charge in [-0.2, -0.15) is 0 Å². The van der Waals surface area contributed by atoms with Crippen molar-refractivity contribution in [3.8, 4) is 0 Å². The molecule has 0 aromatic heterocycles. The first-order valence-corrected chi connectivity index (χ1v) is 2.41. The van der Waals surface area contributed by atoms with Crippen LogP contribution in [0.5, 0.6) is 0 Å². The number of nitrogens with two attached hydrogens (primary N) is 2. The summed E-state index contributed by atoms with van der Waals surface area (Å²) in [7, 11) is 6.50. The largest absolute Gasteiger partial charge is 0.388 e. The second-order valence-corrected chi connectivity index (χ2v) is 1.22. The fourth-order valence-electron chi connectivity index (χ4n) is 0. The van der Waals surface area contributed by atoms with Crippen molar-refractivity contribution in [2.24, 2.45) is 11.5 Å². The molecule has 4 N–H and O–H groups in total. The van der Waals surface area contributed by atoms with Crippen molar-refractivity contribution < 1.29 is 14.3 Å². The average Bonchev–Trinajstić information content (AvgIpc) is 1.65. The van der Waals surface area contributed by atoms with Gasteiger partial charge in [0.25, 0.3) is 0 Å². The highest BCUT2D eigenvalue weighted by Crippen LogP contribution is 1.28. The third kappa shape index (κ3) is 420. The minimum absolute atomic E-state index is 0.833. The van der Waals surface area contributed by atoms with E-state index in [-0.39, 0.29) is 0 Å². The van der Waals surface area contributed by atoms with Crippen LogP contribution in [0.1, 0.15) is 0 Å². The van der Waals surface area contributed by atoms with Crippen LogP contribution in [0, 0.1) is 0 Å². The zero-order valence-electron chi connectivity index (χ0n) is 6.88. The molecule has 5 heteroatoms. The standard InChI is InChI=1S/2C2H6O.CH4N2O/c2*1-3-2;2-1(3)4/h2*1-2H3;(H4,2,3,4). The molecule has 0 aliphatic carbocycles. The molecule has 0 bridgehead atoms. The lowest BCUT2D eigenvalue weighted by Gasteiger charge is -1.62. The molecule has 0 unspecified atom stereocenters. The van der Waals surface area contributed by atoms with Crippen molar-refractivity contribution in [1.29, 1.82) is 0 Å². The monoisotopic (exact) mass is 152 g/mol. The Kier molecular flexibility index (Phi) is 38.8. The van der Waals surface area contributed by atoms with Crippen LogP contribution in [0.3, 0.4) is 0 Å². The first kappa shape index (κ1) is 16.1. The lowest BCUT2D eigenvalue weighted by Crippen LogP contribution is -2.18. The van der Waals surface area contributed by atoms with Crippen molar-refractivity contribution in [3.05, 3.63) is 0 Å². The molecule has 0 saturated heterocycles. The van der Waals surface area contributed by atoms with Crippen LogP contribution in [0.25, 0.3) is 0 Å². The lowest BCUT2D eigenvalue weighted by atomic mass is 11.2. The summed E-state index contributed by atoms with van der Waals surface area (Å²) in [6.45, 7) is 0. The number of carbonyl (C=O) groups is 1. The van der Waals surface area contributed by atoms with Gasteiger partial charge in [-0.15, -0.1) is 0 Å². The van der Waals surface area contributed by atoms with E-state index in [1.54, 1.807) is 28.4 Å². The molecule has 0 aliphatic heterocycles. The molecule has 0 aliphatic rings. The Morgan fingerprint density at radius 2 is 1.00 bits per heavy atom. The smallest absolute Gasteiger partial charge is 0.309 e. The van der Waals surface area contributed by atoms with Crippen LogP contribution in [0.15, 0.2) is 0 Å². The normalized spacial score (nSPS) is 6.00. The molecule has 0 spiro atoms. The van der Waals surface area contributed by atoms with Gasteiger partial charge in [0.05, 0.1) is 0 Å². The summed E-state index contributed by atoms with van der Waals surface area (Å²) in [4.78, 5) is 9.00. The van der Waals surface area contributed by atoms with Crippen LogP contribution in [0.4, 0.5) is 4.79 Å². The molecule has 0 heterocycles. The van der Waals surface area contributed by atoms with Gasteiger partial charge in [-0.1, -0.05) is 0 Å². The first-order valence-electron chi connectivity index (χ1n) is 2.41. The Labute approximate surface area is 61.3 Å². The van der Waals surface area contributed by atoms with Gasteiger partial charge < -0.3 is 20.9 Å². The van der Waals surface area contributed by atoms with E-state index in [2.05, 4.69) is 20.9 Å². The second-order valence-electron chi connectivity index (χ2n) is 1.22. The number of ether oxygens (including phenoxy) is 2. The Morgan fingerprint density at radius 1 is 1.00 bits per heavy atom. The maximum Gasteiger partial charge on any atom is 0.309 e. The highest BCUT2D eigenvalue weighted by atomic mass is 16.5. The van der Waals surface area contributed by atoms with Crippen LogP contribution < -0.4 is 11.5 Å². The molecule has 10 heavy (non-hydrogen) atoms. The van der Waals surface area contributed by atoms with Crippen molar-refractivity contribution in [1.82, 2.24) is 0 Å². The summed E-state index contributed by atoms with van der Waals surface area (Å²) in [5.41, 5.74) is 8.50. The molecule has 5 nitrogen and oxygen atoms in total. The van der Waals surface area contributed by atoms with E-state index in [9.17, 15) is 0 Å². The Hall–Kier alpha value is -0.810. The van der Waals surface area contributed by atoms with Crippen molar-refractivity contribution in [2.75, 3.05) is 28.4 Å². The molecule has 0 rings (SSSR count). The van der Waals surface area contributed by atoms with Gasteiger partial charge in [0, 0.05) is 28.4 Å². The minimum Gasteiger partial charge on any atom is -0.388 e. The summed E-state index contributed by atoms with van der Waals surface area (Å²) in [6.07, 6.45) is 0. The SMILES string of the molecule is COC.COC.NC(N)=O. The van der Waals surface area contributed by atoms with Crippen molar-refractivity contribution in [2.45, 2.75) is 0 Å². The molecule has 64 valence electrons. The van der Waals surface area contributed by atoms with Crippen molar-refractivity contribution >= 4 is 6.03 Å². The molecule has 0 aromatic carbocycles. The molecule has 0 saturated carbocycles.